The average Bonchev–Trinajstić information content (AvgIpc) is 3.35. The smallest absolute Gasteiger partial charge is 0.384 e. The molecule has 2 aromatic carbocycles. The van der Waals surface area contributed by atoms with E-state index in [0.717, 1.165) is 28.3 Å². The van der Waals surface area contributed by atoms with Crippen LogP contribution in [0.3, 0.4) is 0 Å². The van der Waals surface area contributed by atoms with Crippen LogP contribution in [0.1, 0.15) is 35.5 Å². The van der Waals surface area contributed by atoms with Crippen LogP contribution in [-0.2, 0) is 26.3 Å². The van der Waals surface area contributed by atoms with Gasteiger partial charge in [0, 0.05) is 40.7 Å². The van der Waals surface area contributed by atoms with Crippen LogP contribution in [0.25, 0.3) is 0 Å². The first-order valence-corrected chi connectivity index (χ1v) is 15.7. The molecule has 0 bridgehead atoms. The molecule has 39 heavy (non-hydrogen) atoms. The minimum Gasteiger partial charge on any atom is -0.384 e. The SMILES string of the molecule is CC(C)(CNc1cccc(S(=O)(=O)C(F)(F)F)c1)CNS(=O)(=O)c1ccc(CCC(=O)c2ccc(Cl)cc2)s1. The summed E-state index contributed by atoms with van der Waals surface area (Å²) >= 11 is 6.90. The number of sulfonamides is 1. The standard InChI is InChI=1S/C25H26ClF3N2O5S3/c1-24(2,15-30-19-4-3-5-21(14-19)38(33,34)25(27,28)29)16-31-39(35,36)23-13-11-20(37-23)10-12-22(32)17-6-8-18(26)9-7-17/h3-9,11,13-14,30-31H,10,12,15-16H2,1-2H3. The van der Waals surface area contributed by atoms with Gasteiger partial charge in [0.25, 0.3) is 9.84 Å². The fraction of sp³-hybridized carbons (Fsp3) is 0.320. The van der Waals surface area contributed by atoms with Crippen molar-refractivity contribution in [3.63, 3.8) is 0 Å². The van der Waals surface area contributed by atoms with Crippen LogP contribution in [-0.4, -0.2) is 41.2 Å². The molecule has 1 aromatic heterocycles. The van der Waals surface area contributed by atoms with Crippen LogP contribution >= 0.6 is 22.9 Å². The third-order valence-electron chi connectivity index (χ3n) is 5.63. The molecule has 1 heterocycles. The fourth-order valence-corrected chi connectivity index (χ4v) is 6.90. The Morgan fingerprint density at radius 1 is 0.949 bits per heavy atom. The highest BCUT2D eigenvalue weighted by Gasteiger charge is 2.46. The van der Waals surface area contributed by atoms with E-state index in [0.29, 0.717) is 17.0 Å². The van der Waals surface area contributed by atoms with Gasteiger partial charge in [-0.1, -0.05) is 31.5 Å². The average molecular weight is 623 g/mol. The van der Waals surface area contributed by atoms with E-state index in [4.69, 9.17) is 11.6 Å². The zero-order valence-corrected chi connectivity index (χ0v) is 24.1. The van der Waals surface area contributed by atoms with Gasteiger partial charge >= 0.3 is 5.51 Å². The zero-order valence-electron chi connectivity index (χ0n) is 20.9. The second-order valence-corrected chi connectivity index (χ2v) is 15.0. The highest BCUT2D eigenvalue weighted by molar-refractivity contribution is 7.92. The van der Waals surface area contributed by atoms with E-state index in [1.165, 1.54) is 18.2 Å². The van der Waals surface area contributed by atoms with E-state index in [-0.39, 0.29) is 35.2 Å². The number of benzene rings is 2. The van der Waals surface area contributed by atoms with Crippen molar-refractivity contribution in [3.05, 3.63) is 76.1 Å². The van der Waals surface area contributed by atoms with Crippen LogP contribution in [0, 0.1) is 5.41 Å². The summed E-state index contributed by atoms with van der Waals surface area (Å²) in [5.41, 5.74) is -5.45. The Kier molecular flexibility index (Phi) is 9.54. The highest BCUT2D eigenvalue weighted by Crippen LogP contribution is 2.31. The molecule has 0 saturated heterocycles. The quantitative estimate of drug-likeness (QED) is 0.243. The van der Waals surface area contributed by atoms with Gasteiger partial charge in [-0.3, -0.25) is 4.79 Å². The molecule has 0 aliphatic rings. The Labute approximate surface area is 234 Å². The summed E-state index contributed by atoms with van der Waals surface area (Å²) in [6, 6.07) is 14.0. The van der Waals surface area contributed by atoms with Crippen molar-refractivity contribution in [3.8, 4) is 0 Å². The van der Waals surface area contributed by atoms with Gasteiger partial charge in [0.15, 0.2) is 5.78 Å². The summed E-state index contributed by atoms with van der Waals surface area (Å²) in [6.45, 7) is 3.60. The maximum Gasteiger partial charge on any atom is 0.501 e. The van der Waals surface area contributed by atoms with Crippen molar-refractivity contribution in [1.29, 1.82) is 0 Å². The third kappa shape index (κ3) is 8.27. The predicted molar refractivity (Wildman–Crippen MR) is 146 cm³/mol. The molecule has 0 unspecified atom stereocenters. The van der Waals surface area contributed by atoms with Crippen molar-refractivity contribution in [1.82, 2.24) is 4.72 Å². The molecule has 0 atom stereocenters. The predicted octanol–water partition coefficient (Wildman–Crippen LogP) is 5.93. The Morgan fingerprint density at radius 3 is 2.26 bits per heavy atom. The lowest BCUT2D eigenvalue weighted by atomic mass is 9.94. The molecule has 7 nitrogen and oxygen atoms in total. The van der Waals surface area contributed by atoms with Crippen LogP contribution in [0.4, 0.5) is 18.9 Å². The minimum atomic E-state index is -5.49. The maximum atomic E-state index is 12.8. The fourth-order valence-electron chi connectivity index (χ4n) is 3.33. The Morgan fingerprint density at radius 2 is 1.62 bits per heavy atom. The van der Waals surface area contributed by atoms with E-state index in [1.54, 1.807) is 44.2 Å². The molecular formula is C25H26ClF3N2O5S3. The molecule has 0 saturated carbocycles. The lowest BCUT2D eigenvalue weighted by Gasteiger charge is -2.26. The first-order chi connectivity index (χ1) is 18.0. The Bertz CT molecular complexity index is 1540. The molecule has 0 aliphatic carbocycles. The van der Waals surface area contributed by atoms with Crippen LogP contribution in [0.15, 0.2) is 69.8 Å². The molecule has 14 heteroatoms. The first-order valence-electron chi connectivity index (χ1n) is 11.5. The number of Topliss-reactive ketones (excluding diaryl/α,β-unsaturated/α-hetero) is 1. The van der Waals surface area contributed by atoms with E-state index in [9.17, 15) is 34.8 Å². The number of carbonyl (C=O) groups excluding carboxylic acids is 1. The Balaban J connectivity index is 1.56. The zero-order chi connectivity index (χ0) is 29.1. The number of alkyl halides is 3. The second kappa shape index (κ2) is 12.0. The number of sulfone groups is 1. The van der Waals surface area contributed by atoms with E-state index in [1.807, 2.05) is 0 Å². The monoisotopic (exact) mass is 622 g/mol. The van der Waals surface area contributed by atoms with Gasteiger partial charge in [-0.05, 0) is 66.4 Å². The lowest BCUT2D eigenvalue weighted by Crippen LogP contribution is -2.37. The Hall–Kier alpha value is -2.45. The van der Waals surface area contributed by atoms with E-state index >= 15 is 0 Å². The van der Waals surface area contributed by atoms with Gasteiger partial charge in [0.2, 0.25) is 10.0 Å². The number of anilines is 1. The number of hydrogen-bond donors (Lipinski definition) is 2. The van der Waals surface area contributed by atoms with Crippen molar-refractivity contribution in [2.75, 3.05) is 18.4 Å². The molecular weight excluding hydrogens is 597 g/mol. The highest BCUT2D eigenvalue weighted by atomic mass is 35.5. The van der Waals surface area contributed by atoms with Crippen LogP contribution < -0.4 is 10.0 Å². The molecule has 212 valence electrons. The van der Waals surface area contributed by atoms with Crippen molar-refractivity contribution in [2.45, 2.75) is 41.3 Å². The first kappa shape index (κ1) is 31.1. The summed E-state index contributed by atoms with van der Waals surface area (Å²) < 4.78 is 90.2. The van der Waals surface area contributed by atoms with Gasteiger partial charge in [0.05, 0.1) is 4.90 Å². The number of thiophene rings is 1. The van der Waals surface area contributed by atoms with Crippen molar-refractivity contribution in [2.24, 2.45) is 5.41 Å². The normalized spacial score (nSPS) is 12.9. The molecule has 0 amide bonds. The number of carbonyl (C=O) groups is 1. The van der Waals surface area contributed by atoms with Crippen molar-refractivity contribution < 1.29 is 34.8 Å². The number of rotatable bonds is 12. The number of halogens is 4. The lowest BCUT2D eigenvalue weighted by molar-refractivity contribution is -0.0436. The number of nitrogens with one attached hydrogen (secondary N) is 2. The van der Waals surface area contributed by atoms with Crippen LogP contribution in [0.2, 0.25) is 5.02 Å². The minimum absolute atomic E-state index is 0.00877. The number of hydrogen-bond acceptors (Lipinski definition) is 7. The topological polar surface area (TPSA) is 109 Å². The van der Waals surface area contributed by atoms with Gasteiger partial charge in [0.1, 0.15) is 4.21 Å². The van der Waals surface area contributed by atoms with E-state index in [2.05, 4.69) is 10.0 Å². The van der Waals surface area contributed by atoms with E-state index < -0.39 is 35.7 Å². The molecule has 0 radical (unpaired) electrons. The summed E-state index contributed by atoms with van der Waals surface area (Å²) in [6.07, 6.45) is 0.583. The van der Waals surface area contributed by atoms with Crippen molar-refractivity contribution >= 4 is 54.3 Å². The molecule has 0 aliphatic heterocycles. The van der Waals surface area contributed by atoms with Gasteiger partial charge in [-0.2, -0.15) is 13.2 Å². The van der Waals surface area contributed by atoms with Gasteiger partial charge in [-0.15, -0.1) is 11.3 Å². The number of aryl methyl sites for hydroxylation is 1. The van der Waals surface area contributed by atoms with Crippen LogP contribution in [0.5, 0.6) is 0 Å². The van der Waals surface area contributed by atoms with Gasteiger partial charge < -0.3 is 5.32 Å². The number of ketones is 1. The largest absolute Gasteiger partial charge is 0.501 e. The molecule has 3 rings (SSSR count). The summed E-state index contributed by atoms with van der Waals surface area (Å²) in [5.74, 6) is -0.0848. The molecule has 0 fully saturated rings. The maximum absolute atomic E-state index is 12.8. The molecule has 0 spiro atoms. The summed E-state index contributed by atoms with van der Waals surface area (Å²) in [4.78, 5) is 12.2. The molecule has 2 N–H and O–H groups in total. The second-order valence-electron chi connectivity index (χ2n) is 9.47. The summed E-state index contributed by atoms with van der Waals surface area (Å²) in [5, 5.41) is 3.39. The third-order valence-corrected chi connectivity index (χ3v) is 10.4. The molecule has 3 aromatic rings. The van der Waals surface area contributed by atoms with Gasteiger partial charge in [-0.25, -0.2) is 21.6 Å². The summed E-state index contributed by atoms with van der Waals surface area (Å²) in [7, 11) is -9.35.